The van der Waals surface area contributed by atoms with Crippen LogP contribution in [0.15, 0.2) is 48.5 Å². The molecule has 3 rings (SSSR count). The second kappa shape index (κ2) is 9.89. The van der Waals surface area contributed by atoms with Gasteiger partial charge in [0.2, 0.25) is 0 Å². The molecule has 1 aliphatic heterocycles. The lowest BCUT2D eigenvalue weighted by Crippen LogP contribution is -2.29. The van der Waals surface area contributed by atoms with Gasteiger partial charge in [-0.2, -0.15) is 11.8 Å². The highest BCUT2D eigenvalue weighted by Crippen LogP contribution is 2.20. The molecule has 1 N–H and O–H groups in total. The first-order chi connectivity index (χ1) is 12.7. The third-order valence-electron chi connectivity index (χ3n) is 4.54. The number of amides is 1. The number of anilines is 1. The Morgan fingerprint density at radius 3 is 2.58 bits per heavy atom. The lowest BCUT2D eigenvalue weighted by Gasteiger charge is -2.28. The minimum Gasteiger partial charge on any atom is -0.372 e. The van der Waals surface area contributed by atoms with Crippen LogP contribution in [-0.4, -0.2) is 31.3 Å². The van der Waals surface area contributed by atoms with E-state index in [-0.39, 0.29) is 5.91 Å². The van der Waals surface area contributed by atoms with Crippen LogP contribution in [0.25, 0.3) is 0 Å². The zero-order valence-electron chi connectivity index (χ0n) is 14.9. The highest BCUT2D eigenvalue weighted by Gasteiger charge is 2.11. The summed E-state index contributed by atoms with van der Waals surface area (Å²) in [5.41, 5.74) is 3.16. The Labute approximate surface area is 165 Å². The molecule has 0 bridgehead atoms. The quantitative estimate of drug-likeness (QED) is 0.678. The lowest BCUT2D eigenvalue weighted by molar-refractivity contribution is 0.0956. The molecule has 1 fully saturated rings. The molecule has 0 unspecified atom stereocenters. The standard InChI is InChI=1S/C21H25ClN2OS/c22-19-6-4-5-17(15-19)16-26-14-11-23-21(25)18-7-9-20(10-8-18)24-12-2-1-3-13-24/h4-10,15H,1-3,11-14,16H2,(H,23,25). The second-order valence-corrected chi connectivity index (χ2v) is 8.07. The number of rotatable bonds is 7. The van der Waals surface area contributed by atoms with Crippen molar-refractivity contribution in [2.24, 2.45) is 0 Å². The summed E-state index contributed by atoms with van der Waals surface area (Å²) in [6.45, 7) is 2.91. The van der Waals surface area contributed by atoms with Crippen molar-refractivity contribution in [3.05, 3.63) is 64.7 Å². The van der Waals surface area contributed by atoms with Crippen LogP contribution < -0.4 is 10.2 Å². The molecule has 3 nitrogen and oxygen atoms in total. The molecule has 0 aromatic heterocycles. The maximum atomic E-state index is 12.3. The summed E-state index contributed by atoms with van der Waals surface area (Å²) in [4.78, 5) is 14.7. The van der Waals surface area contributed by atoms with Crippen LogP contribution in [-0.2, 0) is 5.75 Å². The maximum Gasteiger partial charge on any atom is 0.251 e. The van der Waals surface area contributed by atoms with E-state index in [0.29, 0.717) is 6.54 Å². The summed E-state index contributed by atoms with van der Waals surface area (Å²) in [7, 11) is 0. The molecular formula is C21H25ClN2OS. The maximum absolute atomic E-state index is 12.3. The number of nitrogens with one attached hydrogen (secondary N) is 1. The number of piperidine rings is 1. The number of carbonyl (C=O) groups excluding carboxylic acids is 1. The van der Waals surface area contributed by atoms with Gasteiger partial charge >= 0.3 is 0 Å². The third-order valence-corrected chi connectivity index (χ3v) is 5.81. The molecule has 0 spiro atoms. The smallest absolute Gasteiger partial charge is 0.251 e. The Morgan fingerprint density at radius 2 is 1.85 bits per heavy atom. The van der Waals surface area contributed by atoms with Crippen molar-refractivity contribution in [1.29, 1.82) is 0 Å². The van der Waals surface area contributed by atoms with Crippen LogP contribution in [0.4, 0.5) is 5.69 Å². The zero-order valence-corrected chi connectivity index (χ0v) is 16.5. The van der Waals surface area contributed by atoms with Crippen LogP contribution >= 0.6 is 23.4 Å². The highest BCUT2D eigenvalue weighted by atomic mass is 35.5. The first-order valence-electron chi connectivity index (χ1n) is 9.18. The minimum absolute atomic E-state index is 0.00134. The molecule has 2 aromatic carbocycles. The monoisotopic (exact) mass is 388 g/mol. The van der Waals surface area contributed by atoms with E-state index in [1.807, 2.05) is 30.3 Å². The molecular weight excluding hydrogens is 364 g/mol. The van der Waals surface area contributed by atoms with Crippen molar-refractivity contribution in [3.63, 3.8) is 0 Å². The summed E-state index contributed by atoms with van der Waals surface area (Å²) in [5.74, 6) is 1.78. The average molecular weight is 389 g/mol. The van der Waals surface area contributed by atoms with Crippen molar-refractivity contribution in [3.8, 4) is 0 Å². The Bertz CT molecular complexity index is 714. The van der Waals surface area contributed by atoms with Gasteiger partial charge in [-0.3, -0.25) is 4.79 Å². The minimum atomic E-state index is -0.00134. The number of nitrogens with zero attached hydrogens (tertiary/aromatic N) is 1. The summed E-state index contributed by atoms with van der Waals surface area (Å²) in [6, 6.07) is 15.9. The summed E-state index contributed by atoms with van der Waals surface area (Å²) in [5, 5.41) is 3.76. The van der Waals surface area contributed by atoms with Crippen molar-refractivity contribution in [2.75, 3.05) is 30.3 Å². The van der Waals surface area contributed by atoms with E-state index in [2.05, 4.69) is 28.4 Å². The van der Waals surface area contributed by atoms with Crippen LogP contribution in [0, 0.1) is 0 Å². The SMILES string of the molecule is O=C(NCCSCc1cccc(Cl)c1)c1ccc(N2CCCCC2)cc1. The van der Waals surface area contributed by atoms with Gasteiger partial charge in [0.15, 0.2) is 0 Å². The number of carbonyl (C=O) groups is 1. The Balaban J connectivity index is 1.39. The van der Waals surface area contributed by atoms with Gasteiger partial charge in [0.05, 0.1) is 0 Å². The molecule has 138 valence electrons. The Hall–Kier alpha value is -1.65. The zero-order chi connectivity index (χ0) is 18.2. The van der Waals surface area contributed by atoms with E-state index in [0.717, 1.165) is 35.2 Å². The van der Waals surface area contributed by atoms with Gasteiger partial charge in [0, 0.05) is 47.4 Å². The number of thioether (sulfide) groups is 1. The third kappa shape index (κ3) is 5.68. The average Bonchev–Trinajstić information content (AvgIpc) is 2.68. The van der Waals surface area contributed by atoms with Gasteiger partial charge in [0.1, 0.15) is 0 Å². The van der Waals surface area contributed by atoms with Crippen molar-refractivity contribution >= 4 is 35.0 Å². The first-order valence-corrected chi connectivity index (χ1v) is 10.7. The van der Waals surface area contributed by atoms with E-state index in [9.17, 15) is 4.79 Å². The van der Waals surface area contributed by atoms with Gasteiger partial charge in [0.25, 0.3) is 5.91 Å². The van der Waals surface area contributed by atoms with Crippen molar-refractivity contribution in [2.45, 2.75) is 25.0 Å². The topological polar surface area (TPSA) is 32.3 Å². The molecule has 0 aliphatic carbocycles. The summed E-state index contributed by atoms with van der Waals surface area (Å²) < 4.78 is 0. The van der Waals surface area contributed by atoms with Gasteiger partial charge in [-0.15, -0.1) is 0 Å². The molecule has 2 aromatic rings. The van der Waals surface area contributed by atoms with Crippen LogP contribution in [0.5, 0.6) is 0 Å². The fourth-order valence-electron chi connectivity index (χ4n) is 3.13. The predicted molar refractivity (Wildman–Crippen MR) is 112 cm³/mol. The van der Waals surface area contributed by atoms with Crippen LogP contribution in [0.1, 0.15) is 35.2 Å². The molecule has 1 aliphatic rings. The van der Waals surface area contributed by atoms with E-state index in [4.69, 9.17) is 11.6 Å². The van der Waals surface area contributed by atoms with Crippen molar-refractivity contribution in [1.82, 2.24) is 5.32 Å². The number of benzene rings is 2. The summed E-state index contributed by atoms with van der Waals surface area (Å²) in [6.07, 6.45) is 3.84. The second-order valence-electron chi connectivity index (χ2n) is 6.53. The number of hydrogen-bond donors (Lipinski definition) is 1. The van der Waals surface area contributed by atoms with Gasteiger partial charge in [-0.05, 0) is 61.2 Å². The Morgan fingerprint density at radius 1 is 1.08 bits per heavy atom. The molecule has 0 atom stereocenters. The van der Waals surface area contributed by atoms with Crippen LogP contribution in [0.3, 0.4) is 0 Å². The lowest BCUT2D eigenvalue weighted by atomic mass is 10.1. The number of halogens is 1. The molecule has 1 amide bonds. The fourth-order valence-corrected chi connectivity index (χ4v) is 4.15. The predicted octanol–water partition coefficient (Wildman–Crippen LogP) is 4.99. The normalized spacial score (nSPS) is 14.3. The number of hydrogen-bond acceptors (Lipinski definition) is 3. The van der Waals surface area contributed by atoms with Gasteiger partial charge in [-0.25, -0.2) is 0 Å². The van der Waals surface area contributed by atoms with Gasteiger partial charge < -0.3 is 10.2 Å². The largest absolute Gasteiger partial charge is 0.372 e. The van der Waals surface area contributed by atoms with Gasteiger partial charge in [-0.1, -0.05) is 23.7 Å². The first kappa shape index (κ1) is 19.1. The molecule has 1 saturated heterocycles. The summed E-state index contributed by atoms with van der Waals surface area (Å²) >= 11 is 7.78. The molecule has 0 saturated carbocycles. The van der Waals surface area contributed by atoms with E-state index in [1.165, 1.54) is 30.5 Å². The molecule has 26 heavy (non-hydrogen) atoms. The Kier molecular flexibility index (Phi) is 7.27. The molecule has 5 heteroatoms. The van der Waals surface area contributed by atoms with Crippen LogP contribution in [0.2, 0.25) is 5.02 Å². The van der Waals surface area contributed by atoms with Crippen molar-refractivity contribution < 1.29 is 4.79 Å². The van der Waals surface area contributed by atoms with E-state index in [1.54, 1.807) is 11.8 Å². The molecule has 1 heterocycles. The highest BCUT2D eigenvalue weighted by molar-refractivity contribution is 7.98. The van der Waals surface area contributed by atoms with E-state index >= 15 is 0 Å². The fraction of sp³-hybridized carbons (Fsp3) is 0.381. The van der Waals surface area contributed by atoms with E-state index < -0.39 is 0 Å². The molecule has 0 radical (unpaired) electrons.